The monoisotopic (exact) mass is 344 g/mol. The number of fused-ring (bicyclic) bond motifs is 3. The normalized spacial score (nSPS) is 12.7. The van der Waals surface area contributed by atoms with Crippen LogP contribution in [0.2, 0.25) is 0 Å². The minimum atomic E-state index is -0.196. The van der Waals surface area contributed by atoms with Crippen molar-refractivity contribution in [3.05, 3.63) is 57.6 Å². The third-order valence-corrected chi connectivity index (χ3v) is 6.30. The Morgan fingerprint density at radius 3 is 2.74 bits per heavy atom. The Hall–Kier alpha value is -2.07. The second-order valence-corrected chi connectivity index (χ2v) is 7.47. The quantitative estimate of drug-likeness (QED) is 0.415. The molecule has 0 unspecified atom stereocenters. The van der Waals surface area contributed by atoms with Crippen molar-refractivity contribution in [2.24, 2.45) is 0 Å². The van der Waals surface area contributed by atoms with Crippen molar-refractivity contribution in [1.29, 1.82) is 0 Å². The molecule has 2 heterocycles. The van der Waals surface area contributed by atoms with Gasteiger partial charge in [0.15, 0.2) is 0 Å². The minimum Gasteiger partial charge on any atom is -0.520 e. The first-order valence-electron chi connectivity index (χ1n) is 7.08. The first-order chi connectivity index (χ1) is 11.0. The second-order valence-electron chi connectivity index (χ2n) is 5.35. The average Bonchev–Trinajstić information content (AvgIpc) is 3.14. The van der Waals surface area contributed by atoms with Gasteiger partial charge in [-0.05, 0) is 29.3 Å². The molecule has 4 nitrogen and oxygen atoms in total. The van der Waals surface area contributed by atoms with E-state index in [2.05, 4.69) is 28.5 Å². The predicted molar refractivity (Wildman–Crippen MR) is 97.1 cm³/mol. The Kier molecular flexibility index (Phi) is 4.26. The molecule has 3 rings (SSSR count). The molecule has 118 valence electrons. The summed E-state index contributed by atoms with van der Waals surface area (Å²) in [6, 6.07) is 4.27. The fourth-order valence-corrected chi connectivity index (χ4v) is 5.04. The number of nitrogens with zero attached hydrogens (tertiary/aromatic N) is 2. The Bertz CT molecular complexity index is 839. The summed E-state index contributed by atoms with van der Waals surface area (Å²) in [5.41, 5.74) is 2.77. The zero-order chi connectivity index (χ0) is 16.6. The highest BCUT2D eigenvalue weighted by Crippen LogP contribution is 2.49. The maximum Gasteiger partial charge on any atom is 0.228 e. The molecule has 2 aromatic heterocycles. The van der Waals surface area contributed by atoms with Crippen LogP contribution in [-0.2, 0) is 6.42 Å². The van der Waals surface area contributed by atoms with Gasteiger partial charge < -0.3 is 15.1 Å². The van der Waals surface area contributed by atoms with Crippen LogP contribution in [0.1, 0.15) is 16.0 Å². The maximum absolute atomic E-state index is 9.40. The van der Waals surface area contributed by atoms with E-state index in [9.17, 15) is 5.11 Å². The summed E-state index contributed by atoms with van der Waals surface area (Å²) in [6.45, 7) is 11.3. The fraction of sp³-hybridized carbons (Fsp3) is 0.235. The van der Waals surface area contributed by atoms with Crippen molar-refractivity contribution in [2.45, 2.75) is 6.42 Å². The van der Waals surface area contributed by atoms with Gasteiger partial charge in [0.2, 0.25) is 5.70 Å². The zero-order valence-corrected chi connectivity index (χ0v) is 14.3. The smallest absolute Gasteiger partial charge is 0.228 e. The van der Waals surface area contributed by atoms with Crippen LogP contribution in [0.25, 0.3) is 20.7 Å². The van der Waals surface area contributed by atoms with Gasteiger partial charge >= 0.3 is 0 Å². The van der Waals surface area contributed by atoms with Gasteiger partial charge in [-0.1, -0.05) is 6.58 Å². The minimum absolute atomic E-state index is 0.142. The lowest BCUT2D eigenvalue weighted by Gasteiger charge is -2.14. The van der Waals surface area contributed by atoms with Gasteiger partial charge in [-0.25, -0.2) is 4.85 Å². The zero-order valence-electron chi connectivity index (χ0n) is 12.7. The van der Waals surface area contributed by atoms with Crippen LogP contribution >= 0.6 is 22.7 Å². The summed E-state index contributed by atoms with van der Waals surface area (Å²) in [5, 5.41) is 19.6. The van der Waals surface area contributed by atoms with Crippen molar-refractivity contribution >= 4 is 33.8 Å². The lowest BCUT2D eigenvalue weighted by Crippen LogP contribution is -2.19. The van der Waals surface area contributed by atoms with Gasteiger partial charge in [-0.2, -0.15) is 0 Å². The highest BCUT2D eigenvalue weighted by Gasteiger charge is 2.25. The second kappa shape index (κ2) is 6.20. The van der Waals surface area contributed by atoms with Crippen LogP contribution < -0.4 is 4.90 Å². The van der Waals surface area contributed by atoms with E-state index in [1.54, 1.807) is 28.7 Å². The van der Waals surface area contributed by atoms with Gasteiger partial charge in [-0.3, -0.25) is 0 Å². The third kappa shape index (κ3) is 2.91. The summed E-state index contributed by atoms with van der Waals surface area (Å²) in [6.07, 6.45) is 2.58. The van der Waals surface area contributed by atoms with E-state index in [0.29, 0.717) is 6.54 Å². The van der Waals surface area contributed by atoms with E-state index in [1.807, 2.05) is 7.05 Å². The van der Waals surface area contributed by atoms with E-state index >= 15 is 0 Å². The number of thiophene rings is 2. The third-order valence-electron chi connectivity index (χ3n) is 3.72. The van der Waals surface area contributed by atoms with Crippen LogP contribution in [0.3, 0.4) is 0 Å². The molecule has 0 radical (unpaired) electrons. The number of hydrogen-bond acceptors (Lipinski definition) is 5. The molecule has 0 atom stereocenters. The molecule has 0 bridgehead atoms. The molecular formula is C17H16N2O2S2. The SMILES string of the molecule is [C-]#[N+]/C(=C\c1cc2c(s1)-c1sc(N(C)CCO)cc1C2)C(=C)O. The molecule has 0 saturated carbocycles. The summed E-state index contributed by atoms with van der Waals surface area (Å²) in [4.78, 5) is 8.83. The molecule has 23 heavy (non-hydrogen) atoms. The van der Waals surface area contributed by atoms with Crippen molar-refractivity contribution < 1.29 is 10.2 Å². The Balaban J connectivity index is 1.92. The molecule has 6 heteroatoms. The largest absolute Gasteiger partial charge is 0.520 e. The van der Waals surface area contributed by atoms with Crippen LogP contribution in [0, 0.1) is 6.57 Å². The summed E-state index contributed by atoms with van der Waals surface area (Å²) in [7, 11) is 1.98. The van der Waals surface area contributed by atoms with Crippen LogP contribution in [0.4, 0.5) is 5.00 Å². The fourth-order valence-electron chi connectivity index (χ4n) is 2.55. The Morgan fingerprint density at radius 2 is 2.09 bits per heavy atom. The Labute approximate surface area is 143 Å². The highest BCUT2D eigenvalue weighted by molar-refractivity contribution is 7.25. The molecule has 1 aliphatic carbocycles. The van der Waals surface area contributed by atoms with Crippen molar-refractivity contribution in [3.63, 3.8) is 0 Å². The van der Waals surface area contributed by atoms with E-state index in [0.717, 1.165) is 16.3 Å². The highest BCUT2D eigenvalue weighted by atomic mass is 32.1. The summed E-state index contributed by atoms with van der Waals surface area (Å²) in [5.74, 6) is -0.196. The first-order valence-corrected chi connectivity index (χ1v) is 8.72. The molecule has 0 spiro atoms. The van der Waals surface area contributed by atoms with Gasteiger partial charge in [0.1, 0.15) is 5.76 Å². The predicted octanol–water partition coefficient (Wildman–Crippen LogP) is 4.14. The van der Waals surface area contributed by atoms with Crippen LogP contribution in [-0.4, -0.2) is 30.4 Å². The van der Waals surface area contributed by atoms with Crippen LogP contribution in [0.15, 0.2) is 30.2 Å². The number of aliphatic hydroxyl groups is 2. The van der Waals surface area contributed by atoms with Gasteiger partial charge in [-0.15, -0.1) is 22.7 Å². The molecule has 0 amide bonds. The van der Waals surface area contributed by atoms with Gasteiger partial charge in [0, 0.05) is 29.8 Å². The van der Waals surface area contributed by atoms with Crippen molar-refractivity contribution in [1.82, 2.24) is 0 Å². The number of anilines is 1. The topological polar surface area (TPSA) is 48.1 Å². The van der Waals surface area contributed by atoms with E-state index in [-0.39, 0.29) is 18.1 Å². The summed E-state index contributed by atoms with van der Waals surface area (Å²) >= 11 is 3.37. The molecule has 1 aliphatic rings. The Morgan fingerprint density at radius 1 is 1.39 bits per heavy atom. The number of aliphatic hydroxyl groups excluding tert-OH is 2. The molecule has 2 aromatic rings. The lowest BCUT2D eigenvalue weighted by atomic mass is 10.2. The van der Waals surface area contributed by atoms with Crippen molar-refractivity contribution in [3.8, 4) is 9.75 Å². The molecule has 0 fully saturated rings. The van der Waals surface area contributed by atoms with Crippen molar-refractivity contribution in [2.75, 3.05) is 25.1 Å². The molecule has 2 N–H and O–H groups in total. The molecule has 0 saturated heterocycles. The van der Waals surface area contributed by atoms with Crippen LogP contribution in [0.5, 0.6) is 0 Å². The number of rotatable bonds is 5. The molecule has 0 aromatic carbocycles. The van der Waals surface area contributed by atoms with E-state index in [4.69, 9.17) is 11.7 Å². The maximum atomic E-state index is 9.40. The van der Waals surface area contributed by atoms with E-state index < -0.39 is 0 Å². The van der Waals surface area contributed by atoms with E-state index in [1.165, 1.54) is 20.9 Å². The standard InChI is InChI=1S/C17H16N2O2S2/c1-10(21)14(18-2)9-13-7-11-6-12-8-15(19(3)4-5-20)23-17(12)16(11)22-13/h7-9,20-21H,1,4-6H2,3H3/b14-9-. The summed E-state index contributed by atoms with van der Waals surface area (Å²) < 4.78 is 0. The lowest BCUT2D eigenvalue weighted by molar-refractivity contribution is 0.304. The first kappa shape index (κ1) is 15.8. The van der Waals surface area contributed by atoms with Gasteiger partial charge in [0.05, 0.1) is 23.1 Å². The molecular weight excluding hydrogens is 328 g/mol. The molecule has 0 aliphatic heterocycles. The number of likely N-dealkylation sites (N-methyl/N-ethyl adjacent to an activating group) is 1. The number of hydrogen-bond donors (Lipinski definition) is 2. The average molecular weight is 344 g/mol. The van der Waals surface area contributed by atoms with Gasteiger partial charge in [0.25, 0.3) is 0 Å².